The second kappa shape index (κ2) is 4.72. The molecule has 15 heavy (non-hydrogen) atoms. The largest absolute Gasteiger partial charge is 0.367 e. The summed E-state index contributed by atoms with van der Waals surface area (Å²) in [6.07, 6.45) is 0.774. The first-order chi connectivity index (χ1) is 7.25. The summed E-state index contributed by atoms with van der Waals surface area (Å²) in [6, 6.07) is 0. The summed E-state index contributed by atoms with van der Waals surface area (Å²) in [7, 11) is 0. The van der Waals surface area contributed by atoms with Crippen LogP contribution in [0.5, 0.6) is 0 Å². The number of nitrogens with one attached hydrogen (secondary N) is 1. The molecule has 1 fully saturated rings. The number of rotatable bonds is 3. The average molecular weight is 211 g/mol. The molecule has 1 atom stereocenters. The van der Waals surface area contributed by atoms with Crippen LogP contribution in [0, 0.1) is 5.92 Å². The van der Waals surface area contributed by atoms with E-state index in [9.17, 15) is 0 Å². The van der Waals surface area contributed by atoms with E-state index in [0.29, 0.717) is 24.2 Å². The van der Waals surface area contributed by atoms with Gasteiger partial charge in [-0.2, -0.15) is 4.98 Å². The SMILES string of the molecule is CC(C)Cc1nc(C2CNCCO2)no1. The van der Waals surface area contributed by atoms with Gasteiger partial charge in [0.1, 0.15) is 6.10 Å². The monoisotopic (exact) mass is 211 g/mol. The normalized spacial score (nSPS) is 22.2. The first-order valence-corrected chi connectivity index (χ1v) is 5.40. The van der Waals surface area contributed by atoms with Crippen LogP contribution in [0.3, 0.4) is 0 Å². The first-order valence-electron chi connectivity index (χ1n) is 5.40. The lowest BCUT2D eigenvalue weighted by atomic mass is 10.1. The molecule has 1 unspecified atom stereocenters. The zero-order chi connectivity index (χ0) is 10.7. The fourth-order valence-corrected chi connectivity index (χ4v) is 1.56. The van der Waals surface area contributed by atoms with Gasteiger partial charge in [-0.05, 0) is 5.92 Å². The molecule has 0 amide bonds. The van der Waals surface area contributed by atoms with E-state index in [0.717, 1.165) is 19.5 Å². The number of ether oxygens (including phenoxy) is 1. The van der Waals surface area contributed by atoms with Crippen molar-refractivity contribution < 1.29 is 9.26 Å². The van der Waals surface area contributed by atoms with E-state index in [4.69, 9.17) is 9.26 Å². The molecule has 1 aromatic heterocycles. The molecule has 0 radical (unpaired) electrons. The summed E-state index contributed by atoms with van der Waals surface area (Å²) in [4.78, 5) is 4.33. The van der Waals surface area contributed by atoms with Crippen molar-refractivity contribution in [1.82, 2.24) is 15.5 Å². The van der Waals surface area contributed by atoms with Gasteiger partial charge in [-0.25, -0.2) is 0 Å². The molecule has 0 bridgehead atoms. The summed E-state index contributed by atoms with van der Waals surface area (Å²) >= 11 is 0. The zero-order valence-electron chi connectivity index (χ0n) is 9.19. The van der Waals surface area contributed by atoms with Gasteiger partial charge in [0.15, 0.2) is 0 Å². The Morgan fingerprint density at radius 3 is 3.07 bits per heavy atom. The Hall–Kier alpha value is -0.940. The topological polar surface area (TPSA) is 60.2 Å². The van der Waals surface area contributed by atoms with Crippen LogP contribution in [0.1, 0.15) is 31.7 Å². The highest BCUT2D eigenvalue weighted by atomic mass is 16.5. The van der Waals surface area contributed by atoms with Crippen LogP contribution >= 0.6 is 0 Å². The predicted octanol–water partition coefficient (Wildman–Crippen LogP) is 0.929. The van der Waals surface area contributed by atoms with Gasteiger partial charge < -0.3 is 14.6 Å². The van der Waals surface area contributed by atoms with E-state index in [2.05, 4.69) is 29.3 Å². The number of aromatic nitrogens is 2. The van der Waals surface area contributed by atoms with E-state index >= 15 is 0 Å². The van der Waals surface area contributed by atoms with Crippen LogP contribution in [-0.2, 0) is 11.2 Å². The second-order valence-corrected chi connectivity index (χ2v) is 4.21. The van der Waals surface area contributed by atoms with Crippen LogP contribution in [0.25, 0.3) is 0 Å². The van der Waals surface area contributed by atoms with Crippen molar-refractivity contribution >= 4 is 0 Å². The van der Waals surface area contributed by atoms with Crippen molar-refractivity contribution in [3.8, 4) is 0 Å². The third-order valence-corrected chi connectivity index (χ3v) is 2.28. The van der Waals surface area contributed by atoms with Gasteiger partial charge in [-0.15, -0.1) is 0 Å². The van der Waals surface area contributed by atoms with Gasteiger partial charge >= 0.3 is 0 Å². The van der Waals surface area contributed by atoms with E-state index in [-0.39, 0.29) is 6.10 Å². The lowest BCUT2D eigenvalue weighted by molar-refractivity contribution is 0.0208. The Balaban J connectivity index is 1.99. The van der Waals surface area contributed by atoms with E-state index in [1.165, 1.54) is 0 Å². The summed E-state index contributed by atoms with van der Waals surface area (Å²) in [5.41, 5.74) is 0. The molecule has 5 heteroatoms. The summed E-state index contributed by atoms with van der Waals surface area (Å²) in [5.74, 6) is 1.90. The average Bonchev–Trinajstić information content (AvgIpc) is 2.67. The Morgan fingerprint density at radius 1 is 1.53 bits per heavy atom. The molecular weight excluding hydrogens is 194 g/mol. The Morgan fingerprint density at radius 2 is 2.40 bits per heavy atom. The summed E-state index contributed by atoms with van der Waals surface area (Å²) < 4.78 is 10.7. The molecule has 2 heterocycles. The van der Waals surface area contributed by atoms with Gasteiger partial charge in [0.25, 0.3) is 0 Å². The van der Waals surface area contributed by atoms with Crippen LogP contribution < -0.4 is 5.32 Å². The molecule has 2 rings (SSSR count). The minimum Gasteiger partial charge on any atom is -0.367 e. The molecule has 0 spiro atoms. The Bertz CT molecular complexity index is 305. The Kier molecular flexibility index (Phi) is 3.33. The summed E-state index contributed by atoms with van der Waals surface area (Å²) in [6.45, 7) is 6.62. The minimum atomic E-state index is -0.0524. The maximum absolute atomic E-state index is 5.53. The van der Waals surface area contributed by atoms with Crippen molar-refractivity contribution in [2.24, 2.45) is 5.92 Å². The number of morpholine rings is 1. The van der Waals surface area contributed by atoms with Gasteiger partial charge in [0.05, 0.1) is 6.61 Å². The van der Waals surface area contributed by atoms with Crippen molar-refractivity contribution in [2.45, 2.75) is 26.4 Å². The first kappa shape index (κ1) is 10.6. The van der Waals surface area contributed by atoms with E-state index in [1.807, 2.05) is 0 Å². The molecule has 0 aromatic carbocycles. The molecule has 1 aliphatic heterocycles. The fourth-order valence-electron chi connectivity index (χ4n) is 1.56. The highest BCUT2D eigenvalue weighted by molar-refractivity contribution is 4.94. The fraction of sp³-hybridized carbons (Fsp3) is 0.800. The summed E-state index contributed by atoms with van der Waals surface area (Å²) in [5, 5.41) is 7.18. The highest BCUT2D eigenvalue weighted by Gasteiger charge is 2.21. The van der Waals surface area contributed by atoms with Crippen LogP contribution in [0.15, 0.2) is 4.52 Å². The lowest BCUT2D eigenvalue weighted by Crippen LogP contribution is -2.33. The van der Waals surface area contributed by atoms with Gasteiger partial charge in [0.2, 0.25) is 11.7 Å². The second-order valence-electron chi connectivity index (χ2n) is 4.21. The molecule has 1 aliphatic rings. The van der Waals surface area contributed by atoms with Crippen molar-refractivity contribution in [1.29, 1.82) is 0 Å². The van der Waals surface area contributed by atoms with Gasteiger partial charge in [-0.1, -0.05) is 19.0 Å². The molecule has 0 aliphatic carbocycles. The molecule has 1 aromatic rings. The van der Waals surface area contributed by atoms with Gasteiger partial charge in [-0.3, -0.25) is 0 Å². The minimum absolute atomic E-state index is 0.0524. The standard InChI is InChI=1S/C10H17N3O2/c1-7(2)5-9-12-10(13-15-9)8-6-11-3-4-14-8/h7-8,11H,3-6H2,1-2H3. The quantitative estimate of drug-likeness (QED) is 0.806. The maximum Gasteiger partial charge on any atom is 0.226 e. The molecular formula is C10H17N3O2. The lowest BCUT2D eigenvalue weighted by Gasteiger charge is -2.20. The Labute approximate surface area is 89.2 Å². The number of nitrogens with zero attached hydrogens (tertiary/aromatic N) is 2. The van der Waals surface area contributed by atoms with Crippen molar-refractivity contribution in [3.05, 3.63) is 11.7 Å². The van der Waals surface area contributed by atoms with Gasteiger partial charge in [0, 0.05) is 19.5 Å². The van der Waals surface area contributed by atoms with E-state index in [1.54, 1.807) is 0 Å². The predicted molar refractivity (Wildman–Crippen MR) is 54.4 cm³/mol. The molecule has 5 nitrogen and oxygen atoms in total. The third-order valence-electron chi connectivity index (χ3n) is 2.28. The van der Waals surface area contributed by atoms with Crippen molar-refractivity contribution in [3.63, 3.8) is 0 Å². The molecule has 1 saturated heterocycles. The zero-order valence-corrected chi connectivity index (χ0v) is 9.19. The molecule has 0 saturated carbocycles. The van der Waals surface area contributed by atoms with Crippen LogP contribution in [0.4, 0.5) is 0 Å². The number of hydrogen-bond acceptors (Lipinski definition) is 5. The maximum atomic E-state index is 5.53. The van der Waals surface area contributed by atoms with Crippen LogP contribution in [0.2, 0.25) is 0 Å². The smallest absolute Gasteiger partial charge is 0.226 e. The highest BCUT2D eigenvalue weighted by Crippen LogP contribution is 2.16. The molecule has 1 N–H and O–H groups in total. The molecule has 84 valence electrons. The van der Waals surface area contributed by atoms with Crippen molar-refractivity contribution in [2.75, 3.05) is 19.7 Å². The van der Waals surface area contributed by atoms with Crippen LogP contribution in [-0.4, -0.2) is 29.8 Å². The number of hydrogen-bond donors (Lipinski definition) is 1. The van der Waals surface area contributed by atoms with E-state index < -0.39 is 0 Å². The third kappa shape index (κ3) is 2.76.